The van der Waals surface area contributed by atoms with Gasteiger partial charge in [-0.1, -0.05) is 12.8 Å². The second-order valence-corrected chi connectivity index (χ2v) is 5.25. The Bertz CT molecular complexity index is 341. The molecule has 19 heavy (non-hydrogen) atoms. The lowest BCUT2D eigenvalue weighted by atomic mass is 9.79. The number of carbonyl (C=O) groups excluding carboxylic acids is 1. The van der Waals surface area contributed by atoms with Crippen molar-refractivity contribution < 1.29 is 28.6 Å². The predicted octanol–water partition coefficient (Wildman–Crippen LogP) is 1.16. The first-order valence-electron chi connectivity index (χ1n) is 6.26. The number of carbonyl (C=O) groups is 2. The summed E-state index contributed by atoms with van der Waals surface area (Å²) in [5, 5.41) is 19.3. The van der Waals surface area contributed by atoms with Gasteiger partial charge in [0, 0.05) is 6.42 Å². The Hall–Kier alpha value is -1.24. The zero-order valence-electron chi connectivity index (χ0n) is 10.6. The molecule has 0 aromatic carbocycles. The molecule has 1 aliphatic carbocycles. The molecule has 0 aliphatic heterocycles. The number of nitrogens with one attached hydrogen (secondary N) is 1. The average Bonchev–Trinajstić information content (AvgIpc) is 2.74. The lowest BCUT2D eigenvalue weighted by molar-refractivity contribution is -0.140. The Labute approximate surface area is 110 Å². The molecule has 0 spiro atoms. The van der Waals surface area contributed by atoms with Crippen molar-refractivity contribution >= 4 is 11.9 Å². The molecular formula is C12H19F2NO4. The van der Waals surface area contributed by atoms with Crippen LogP contribution in [0, 0.1) is 5.41 Å². The Balaban J connectivity index is 2.51. The van der Waals surface area contributed by atoms with Crippen molar-refractivity contribution in [3.63, 3.8) is 0 Å². The minimum Gasteiger partial charge on any atom is -0.481 e. The van der Waals surface area contributed by atoms with Crippen molar-refractivity contribution in [1.29, 1.82) is 0 Å². The number of carboxylic acid groups (broad SMARTS) is 1. The van der Waals surface area contributed by atoms with E-state index in [-0.39, 0.29) is 12.8 Å². The van der Waals surface area contributed by atoms with Gasteiger partial charge < -0.3 is 15.5 Å². The quantitative estimate of drug-likeness (QED) is 0.652. The summed E-state index contributed by atoms with van der Waals surface area (Å²) in [4.78, 5) is 22.4. The van der Waals surface area contributed by atoms with Crippen LogP contribution in [0.3, 0.4) is 0 Å². The van der Waals surface area contributed by atoms with Gasteiger partial charge in [-0.3, -0.25) is 9.59 Å². The number of hydrogen-bond acceptors (Lipinski definition) is 3. The number of hydrogen-bond donors (Lipinski definition) is 3. The molecule has 1 rings (SSSR count). The van der Waals surface area contributed by atoms with Gasteiger partial charge in [0.1, 0.15) is 6.61 Å². The molecule has 3 N–H and O–H groups in total. The third-order valence-electron chi connectivity index (χ3n) is 3.50. The van der Waals surface area contributed by atoms with Gasteiger partial charge in [-0.2, -0.15) is 0 Å². The van der Waals surface area contributed by atoms with Crippen LogP contribution in [-0.4, -0.2) is 41.2 Å². The zero-order valence-corrected chi connectivity index (χ0v) is 10.6. The van der Waals surface area contributed by atoms with Crippen LogP contribution in [0.5, 0.6) is 0 Å². The van der Waals surface area contributed by atoms with Crippen molar-refractivity contribution in [2.75, 3.05) is 13.2 Å². The van der Waals surface area contributed by atoms with Crippen molar-refractivity contribution in [3.8, 4) is 0 Å². The van der Waals surface area contributed by atoms with Gasteiger partial charge >= 0.3 is 5.97 Å². The van der Waals surface area contributed by atoms with E-state index in [1.807, 2.05) is 0 Å². The van der Waals surface area contributed by atoms with Gasteiger partial charge in [0.15, 0.2) is 0 Å². The average molecular weight is 279 g/mol. The lowest BCUT2D eigenvalue weighted by Gasteiger charge is -2.26. The van der Waals surface area contributed by atoms with E-state index in [0.29, 0.717) is 12.8 Å². The third-order valence-corrected chi connectivity index (χ3v) is 3.50. The van der Waals surface area contributed by atoms with E-state index in [9.17, 15) is 18.4 Å². The molecule has 5 nitrogen and oxygen atoms in total. The third kappa shape index (κ3) is 5.10. The van der Waals surface area contributed by atoms with E-state index in [1.54, 1.807) is 0 Å². The topological polar surface area (TPSA) is 86.6 Å². The standard InChI is InChI=1S/C12H19F2NO4/c13-12(14,8-16)7-15-9(17)5-11(6-10(18)19)3-1-2-4-11/h16H,1-8H2,(H,15,17)(H,18,19). The molecule has 1 aliphatic rings. The molecule has 7 heteroatoms. The molecule has 1 fully saturated rings. The van der Waals surface area contributed by atoms with Gasteiger partial charge in [-0.25, -0.2) is 8.78 Å². The van der Waals surface area contributed by atoms with Crippen molar-refractivity contribution in [2.24, 2.45) is 5.41 Å². The van der Waals surface area contributed by atoms with E-state index >= 15 is 0 Å². The van der Waals surface area contributed by atoms with Gasteiger partial charge in [-0.05, 0) is 18.3 Å². The molecular weight excluding hydrogens is 260 g/mol. The maximum atomic E-state index is 12.8. The summed E-state index contributed by atoms with van der Waals surface area (Å²) in [6.07, 6.45) is 2.80. The highest BCUT2D eigenvalue weighted by Gasteiger charge is 2.38. The van der Waals surface area contributed by atoms with Crippen LogP contribution in [0.25, 0.3) is 0 Å². The van der Waals surface area contributed by atoms with Crippen molar-refractivity contribution in [1.82, 2.24) is 5.32 Å². The molecule has 1 saturated carbocycles. The zero-order chi connectivity index (χ0) is 14.5. The maximum Gasteiger partial charge on any atom is 0.303 e. The minimum absolute atomic E-state index is 0.0548. The fourth-order valence-corrected chi connectivity index (χ4v) is 2.55. The minimum atomic E-state index is -3.34. The van der Waals surface area contributed by atoms with E-state index < -0.39 is 36.4 Å². The molecule has 0 atom stereocenters. The van der Waals surface area contributed by atoms with Crippen molar-refractivity contribution in [3.05, 3.63) is 0 Å². The smallest absolute Gasteiger partial charge is 0.303 e. The van der Waals surface area contributed by atoms with Gasteiger partial charge in [0.25, 0.3) is 5.92 Å². The van der Waals surface area contributed by atoms with Crippen LogP contribution >= 0.6 is 0 Å². The van der Waals surface area contributed by atoms with Crippen LogP contribution in [0.15, 0.2) is 0 Å². The molecule has 0 saturated heterocycles. The number of amides is 1. The Morgan fingerprint density at radius 1 is 1.21 bits per heavy atom. The highest BCUT2D eigenvalue weighted by molar-refractivity contribution is 5.78. The summed E-state index contributed by atoms with van der Waals surface area (Å²) in [6, 6.07) is 0. The van der Waals surface area contributed by atoms with E-state index in [4.69, 9.17) is 10.2 Å². The van der Waals surface area contributed by atoms with Gasteiger partial charge in [-0.15, -0.1) is 0 Å². The van der Waals surface area contributed by atoms with Crippen LogP contribution in [0.4, 0.5) is 8.78 Å². The Kier molecular flexibility index (Phi) is 5.22. The summed E-state index contributed by atoms with van der Waals surface area (Å²) >= 11 is 0. The summed E-state index contributed by atoms with van der Waals surface area (Å²) in [7, 11) is 0. The van der Waals surface area contributed by atoms with Crippen LogP contribution in [0.2, 0.25) is 0 Å². The fraction of sp³-hybridized carbons (Fsp3) is 0.833. The first-order valence-corrected chi connectivity index (χ1v) is 6.26. The normalized spacial score (nSPS) is 18.3. The molecule has 0 aromatic heterocycles. The van der Waals surface area contributed by atoms with Crippen LogP contribution in [-0.2, 0) is 9.59 Å². The molecule has 1 amide bonds. The number of aliphatic hydroxyl groups excluding tert-OH is 1. The number of rotatable bonds is 7. The summed E-state index contributed by atoms with van der Waals surface area (Å²) < 4.78 is 25.5. The molecule has 0 unspecified atom stereocenters. The highest BCUT2D eigenvalue weighted by atomic mass is 19.3. The molecule has 110 valence electrons. The number of halogens is 2. The van der Waals surface area contributed by atoms with Gasteiger partial charge in [0.2, 0.25) is 5.91 Å². The number of aliphatic hydroxyl groups is 1. The molecule has 0 bridgehead atoms. The maximum absolute atomic E-state index is 12.8. The molecule has 0 radical (unpaired) electrons. The van der Waals surface area contributed by atoms with E-state index in [2.05, 4.69) is 5.32 Å². The van der Waals surface area contributed by atoms with E-state index in [1.165, 1.54) is 0 Å². The Morgan fingerprint density at radius 2 is 1.79 bits per heavy atom. The summed E-state index contributed by atoms with van der Waals surface area (Å²) in [6.45, 7) is -2.25. The number of aliphatic carboxylic acids is 1. The number of carboxylic acids is 1. The second kappa shape index (κ2) is 6.27. The first-order chi connectivity index (χ1) is 8.79. The van der Waals surface area contributed by atoms with Crippen LogP contribution in [0.1, 0.15) is 38.5 Å². The summed E-state index contributed by atoms with van der Waals surface area (Å²) in [5.41, 5.74) is -0.607. The van der Waals surface area contributed by atoms with Gasteiger partial charge in [0.05, 0.1) is 13.0 Å². The lowest BCUT2D eigenvalue weighted by Crippen LogP contribution is -2.41. The second-order valence-electron chi connectivity index (χ2n) is 5.25. The SMILES string of the molecule is O=C(O)CC1(CC(=O)NCC(F)(F)CO)CCCC1. The predicted molar refractivity (Wildman–Crippen MR) is 62.8 cm³/mol. The van der Waals surface area contributed by atoms with Crippen molar-refractivity contribution in [2.45, 2.75) is 44.4 Å². The first kappa shape index (κ1) is 15.8. The Morgan fingerprint density at radius 3 is 2.26 bits per heavy atom. The van der Waals surface area contributed by atoms with E-state index in [0.717, 1.165) is 12.8 Å². The van der Waals surface area contributed by atoms with Crippen LogP contribution < -0.4 is 5.32 Å². The largest absolute Gasteiger partial charge is 0.481 e. The monoisotopic (exact) mass is 279 g/mol. The highest BCUT2D eigenvalue weighted by Crippen LogP contribution is 2.44. The number of alkyl halides is 2. The molecule has 0 heterocycles. The fourth-order valence-electron chi connectivity index (χ4n) is 2.55. The summed E-state index contributed by atoms with van der Waals surface area (Å²) in [5.74, 6) is -4.91. The molecule has 0 aromatic rings.